The van der Waals surface area contributed by atoms with Crippen LogP contribution in [0.1, 0.15) is 66.3 Å². The molecule has 110 heavy (non-hydrogen) atoms. The normalized spacial score (nSPS) is 12.1. The highest BCUT2D eigenvalue weighted by Gasteiger charge is 2.21. The third-order valence-electron chi connectivity index (χ3n) is 20.3. The molecule has 530 valence electrons. The lowest BCUT2D eigenvalue weighted by molar-refractivity contribution is -0.671. The first kappa shape index (κ1) is 67.4. The van der Waals surface area contributed by atoms with Gasteiger partial charge in [-0.3, -0.25) is 0 Å². The predicted molar refractivity (Wildman–Crippen MR) is 429 cm³/mol. The van der Waals surface area contributed by atoms with Gasteiger partial charge in [-0.1, -0.05) is 97.1 Å². The summed E-state index contributed by atoms with van der Waals surface area (Å²) in [6.07, 6.45) is 40.7. The number of pyridine rings is 6. The number of carbonyl (C=O) groups is 2. The van der Waals surface area contributed by atoms with Gasteiger partial charge >= 0.3 is 0 Å². The Hall–Kier alpha value is -14.5. The largest absolute Gasteiger partial charge is 0.657 e. The third kappa shape index (κ3) is 12.9. The lowest BCUT2D eigenvalue weighted by atomic mass is 10.0. The predicted octanol–water partition coefficient (Wildman–Crippen LogP) is 14.2. The van der Waals surface area contributed by atoms with E-state index in [1.54, 1.807) is 24.3 Å². The minimum atomic E-state index is -0.438. The summed E-state index contributed by atoms with van der Waals surface area (Å²) in [5.74, 6) is -0.877. The van der Waals surface area contributed by atoms with E-state index in [0.29, 0.717) is 33.5 Å². The number of amides is 2. The first-order valence-electron chi connectivity index (χ1n) is 36.2. The second-order valence-electron chi connectivity index (χ2n) is 27.8. The number of hydrogen-bond donors (Lipinski definition) is 0. The van der Waals surface area contributed by atoms with Gasteiger partial charge in [-0.2, -0.15) is 0 Å². The Kier molecular flexibility index (Phi) is 17.2. The van der Waals surface area contributed by atoms with Crippen LogP contribution in [0.3, 0.4) is 0 Å². The molecule has 14 aromatic rings. The summed E-state index contributed by atoms with van der Waals surface area (Å²) in [5.41, 5.74) is 26.7. The summed E-state index contributed by atoms with van der Waals surface area (Å²) in [7, 11) is 12.0. The number of rotatable bonds is 13. The van der Waals surface area contributed by atoms with Crippen molar-refractivity contribution in [3.8, 4) is 89.0 Å². The van der Waals surface area contributed by atoms with Gasteiger partial charge in [0.2, 0.25) is 0 Å². The first-order chi connectivity index (χ1) is 53.7. The summed E-state index contributed by atoms with van der Waals surface area (Å²) in [5, 5.41) is 8.83. The summed E-state index contributed by atoms with van der Waals surface area (Å²) in [6.45, 7) is -0.0150. The Morgan fingerprint density at radius 2 is 0.391 bits per heavy atom. The van der Waals surface area contributed by atoms with Crippen LogP contribution < -0.4 is 47.3 Å². The fraction of sp³-hybridized carbons (Fsp3) is 0.0870. The fourth-order valence-electron chi connectivity index (χ4n) is 14.6. The molecule has 4 aliphatic rings. The molecule has 18 heteroatoms. The molecule has 0 saturated heterocycles. The van der Waals surface area contributed by atoms with Crippen LogP contribution in [-0.2, 0) is 42.3 Å². The minimum Gasteiger partial charge on any atom is -0.657 e. The van der Waals surface area contributed by atoms with Crippen molar-refractivity contribution in [1.29, 1.82) is 0 Å². The Morgan fingerprint density at radius 3 is 0.555 bits per heavy atom. The molecular formula is C92H70N16O2. The molecule has 12 aromatic heterocycles. The van der Waals surface area contributed by atoms with Gasteiger partial charge in [0.15, 0.2) is 74.4 Å². The molecule has 0 radical (unpaired) electrons. The Labute approximate surface area is 633 Å². The molecule has 0 spiro atoms. The zero-order valence-corrected chi connectivity index (χ0v) is 61.1. The molecule has 2 amide bonds. The van der Waals surface area contributed by atoms with Crippen molar-refractivity contribution in [2.75, 3.05) is 13.1 Å². The lowest BCUT2D eigenvalue weighted by Gasteiger charge is -2.26. The molecule has 0 saturated carbocycles. The number of nitrogens with zero attached hydrogens (tertiary/aromatic N) is 16. The van der Waals surface area contributed by atoms with Gasteiger partial charge in [-0.05, 0) is 149 Å². The molecule has 0 atom stereocenters. The van der Waals surface area contributed by atoms with E-state index in [1.165, 1.54) is 0 Å². The van der Waals surface area contributed by atoms with Crippen molar-refractivity contribution < 1.29 is 37.0 Å². The molecule has 18 nitrogen and oxygen atoms in total. The van der Waals surface area contributed by atoms with Crippen molar-refractivity contribution in [2.45, 2.75) is 0 Å². The highest BCUT2D eigenvalue weighted by molar-refractivity contribution is 6.08. The molecule has 0 fully saturated rings. The van der Waals surface area contributed by atoms with E-state index >= 15 is 0 Å². The van der Waals surface area contributed by atoms with Gasteiger partial charge < -0.3 is 40.2 Å². The van der Waals surface area contributed by atoms with Crippen molar-refractivity contribution in [3.63, 3.8) is 0 Å². The van der Waals surface area contributed by atoms with Crippen LogP contribution in [0, 0.1) is 0 Å². The second-order valence-corrected chi connectivity index (χ2v) is 27.8. The van der Waals surface area contributed by atoms with E-state index < -0.39 is 11.8 Å². The zero-order chi connectivity index (χ0) is 74.7. The van der Waals surface area contributed by atoms with Crippen molar-refractivity contribution in [3.05, 3.63) is 312 Å². The lowest BCUT2D eigenvalue weighted by Crippen LogP contribution is -2.25. The summed E-state index contributed by atoms with van der Waals surface area (Å²) >= 11 is 0. The summed E-state index contributed by atoms with van der Waals surface area (Å²) in [6, 6.07) is 56.1. The number of hydrogen-bond acceptors (Lipinski definition) is 6. The molecule has 0 N–H and O–H groups in total. The van der Waals surface area contributed by atoms with E-state index in [2.05, 4.69) is 132 Å². The van der Waals surface area contributed by atoms with E-state index in [1.807, 2.05) is 217 Å². The van der Waals surface area contributed by atoms with Gasteiger partial charge in [0.05, 0.1) is 57.4 Å². The molecule has 0 aliphatic carbocycles. The minimum absolute atomic E-state index is 0.00751. The maximum atomic E-state index is 14.0. The Balaban J connectivity index is 0.658. The maximum Gasteiger partial charge on any atom is 0.169 e. The second kappa shape index (κ2) is 28.1. The standard InChI is InChI=1S/C92H70N16O2/c1-103-45-31-59(32-46-103)85-71-19-15-67(95-71)83(68-16-20-72(96-68)86(60-33-47-104(2)48-34-60)76-24-28-80(100-76)89(79-27-23-75(85)99-79)63-39-53-107(5)54-40-63)57-7-11-65(12-8-57)91(109)93-43-44-94-92(110)66-13-9-58(10-14-66)84-69-17-21-73(97-69)87(61-35-49-105(3)50-36-61)77-25-29-81(101-77)90(64-41-55-108(6)56-42-64)82-30-26-78(102-82)88(74-22-18-70(84)98-74)62-37-51-106(4)52-38-62/h7-42,45-56H,43-44H2,1-6H3. The van der Waals surface area contributed by atoms with Crippen LogP contribution >= 0.6 is 0 Å². The molecule has 16 bridgehead atoms. The third-order valence-corrected chi connectivity index (χ3v) is 20.3. The van der Waals surface area contributed by atoms with Crippen LogP contribution in [0.4, 0.5) is 0 Å². The van der Waals surface area contributed by atoms with Crippen LogP contribution in [0.15, 0.2) is 244 Å². The van der Waals surface area contributed by atoms with Gasteiger partial charge in [-0.25, -0.2) is 47.3 Å². The van der Waals surface area contributed by atoms with Gasteiger partial charge in [0, 0.05) is 72.8 Å². The zero-order valence-electron chi connectivity index (χ0n) is 61.1. The number of carbonyl (C=O) groups excluding carboxylic acids is 2. The number of benzene rings is 2. The molecule has 18 rings (SSSR count). The smallest absolute Gasteiger partial charge is 0.169 e. The summed E-state index contributed by atoms with van der Waals surface area (Å²) in [4.78, 5) is 71.5. The number of aryl methyl sites for hydroxylation is 6. The maximum absolute atomic E-state index is 14.0. The number of fused-ring (bicyclic) bond motifs is 16. The average molecular weight is 1430 g/mol. The van der Waals surface area contributed by atoms with Gasteiger partial charge in [0.25, 0.3) is 0 Å². The summed E-state index contributed by atoms with van der Waals surface area (Å²) < 4.78 is 12.0. The average Bonchev–Trinajstić information content (AvgIpc) is 1.62. The van der Waals surface area contributed by atoms with Crippen LogP contribution in [-0.4, -0.2) is 44.8 Å². The van der Waals surface area contributed by atoms with Crippen LogP contribution in [0.5, 0.6) is 0 Å². The van der Waals surface area contributed by atoms with Crippen molar-refractivity contribution in [1.82, 2.24) is 39.9 Å². The van der Waals surface area contributed by atoms with E-state index in [0.717, 1.165) is 156 Å². The topological polar surface area (TPSA) is 194 Å². The van der Waals surface area contributed by atoms with Crippen molar-refractivity contribution >= 4 is 105 Å². The van der Waals surface area contributed by atoms with Crippen LogP contribution in [0.2, 0.25) is 0 Å². The van der Waals surface area contributed by atoms with Gasteiger partial charge in [0.1, 0.15) is 42.3 Å². The first-order valence-corrected chi connectivity index (χ1v) is 36.2. The van der Waals surface area contributed by atoms with Crippen LogP contribution in [0.25, 0.3) is 192 Å². The van der Waals surface area contributed by atoms with Crippen molar-refractivity contribution in [2.24, 2.45) is 42.3 Å². The van der Waals surface area contributed by atoms with E-state index in [9.17, 15) is 9.59 Å². The Bertz CT molecular complexity index is 6070. The monoisotopic (exact) mass is 1430 g/mol. The quantitative estimate of drug-likeness (QED) is 0.0792. The fourth-order valence-corrected chi connectivity index (χ4v) is 14.6. The van der Waals surface area contributed by atoms with Gasteiger partial charge in [-0.15, -0.1) is 57.2 Å². The van der Waals surface area contributed by atoms with E-state index in [4.69, 9.17) is 39.9 Å². The molecule has 2 aromatic carbocycles. The SMILES string of the molecule is C[n+]1ccc(-c2c3nc(c(-c4cc[n+](C)cc4)c4ccc([n-]4)c(-c4cc[n+](C)cc4)c4nc(c(-c5ccc(C(=O)[N-]CC[N-]C(=O)c6ccc(-c7c8nc(c(-c9cc[n+](C)cc9)c9ccc([n-]9)c(-c9cc[n+](C)cc9)c9nc(c(-c%10cc[n+](C)cc%10)c%10ccc7[n-]%10)C=C9)C=C8)cc6)cc5)c5ccc2[n-]5)C=C4)C=C3)cc1. The number of aromatic nitrogens is 14. The molecule has 4 aliphatic heterocycles. The van der Waals surface area contributed by atoms with E-state index in [-0.39, 0.29) is 13.1 Å². The highest BCUT2D eigenvalue weighted by atomic mass is 16.2. The molecular weight excluding hydrogens is 1360 g/mol. The molecule has 0 unspecified atom stereocenters. The molecule has 16 heterocycles. The Morgan fingerprint density at radius 1 is 0.236 bits per heavy atom. The highest BCUT2D eigenvalue weighted by Crippen LogP contribution is 2.41.